The van der Waals surface area contributed by atoms with Crippen molar-refractivity contribution in [2.45, 2.75) is 39.5 Å². The molecule has 2 rings (SSSR count). The molecule has 0 bridgehead atoms. The minimum Gasteiger partial charge on any atom is -0.383 e. The number of piperidine rings is 1. The number of halogens is 1. The Morgan fingerprint density at radius 2 is 1.89 bits per heavy atom. The van der Waals surface area contributed by atoms with E-state index in [2.05, 4.69) is 44.6 Å². The maximum absolute atomic E-state index is 5.76. The largest absolute Gasteiger partial charge is 0.383 e. The van der Waals surface area contributed by atoms with Crippen LogP contribution in [0.3, 0.4) is 0 Å². The van der Waals surface area contributed by atoms with E-state index in [-0.39, 0.29) is 0 Å². The lowest BCUT2D eigenvalue weighted by Crippen LogP contribution is -2.40. The molecule has 5 heteroatoms. The fourth-order valence-electron chi connectivity index (χ4n) is 2.70. The molecule has 1 aromatic heterocycles. The molecular weight excluding hydrogens is 292 g/mol. The van der Waals surface area contributed by atoms with E-state index in [1.54, 1.807) is 6.07 Å². The lowest BCUT2D eigenvalue weighted by molar-refractivity contribution is 0.199. The molecule has 0 atom stereocenters. The molecule has 0 aliphatic carbocycles. The molecule has 0 spiro atoms. The van der Waals surface area contributed by atoms with E-state index < -0.39 is 0 Å². The molecule has 4 nitrogen and oxygen atoms in total. The van der Waals surface area contributed by atoms with Crippen LogP contribution in [0.1, 0.15) is 39.5 Å². The van der Waals surface area contributed by atoms with E-state index >= 15 is 0 Å². The molecule has 1 saturated heterocycles. The van der Waals surface area contributed by atoms with E-state index in [0.29, 0.717) is 11.2 Å². The summed E-state index contributed by atoms with van der Waals surface area (Å²) >= 11 is 3.37. The molecule has 1 aliphatic rings. The van der Waals surface area contributed by atoms with Gasteiger partial charge in [-0.3, -0.25) is 0 Å². The number of nitrogen functional groups attached to an aromatic ring is 1. The standard InChI is InChI=1S/C13H21BrN4/c1-3-13(4-2)5-7-18(8-6-13)12-16-10(14)9-11(15)17-12/h9H,3-8H2,1-2H3,(H2,15,16,17). The Bertz CT molecular complexity index is 387. The average Bonchev–Trinajstić information content (AvgIpc) is 2.38. The number of nitrogens with two attached hydrogens (primary N) is 1. The normalized spacial score (nSPS) is 18.9. The molecule has 0 aromatic carbocycles. The van der Waals surface area contributed by atoms with Crippen LogP contribution in [0.25, 0.3) is 0 Å². The quantitative estimate of drug-likeness (QED) is 0.871. The van der Waals surface area contributed by atoms with Crippen LogP contribution in [0.15, 0.2) is 10.7 Å². The Hall–Kier alpha value is -0.840. The Morgan fingerprint density at radius 1 is 1.28 bits per heavy atom. The first kappa shape index (κ1) is 13.6. The molecule has 2 N–H and O–H groups in total. The highest BCUT2D eigenvalue weighted by Gasteiger charge is 2.32. The van der Waals surface area contributed by atoms with Crippen molar-refractivity contribution in [2.75, 3.05) is 23.7 Å². The Morgan fingerprint density at radius 3 is 2.39 bits per heavy atom. The summed E-state index contributed by atoms with van der Waals surface area (Å²) in [4.78, 5) is 11.0. The maximum atomic E-state index is 5.76. The summed E-state index contributed by atoms with van der Waals surface area (Å²) in [5.74, 6) is 1.28. The molecule has 0 unspecified atom stereocenters. The molecule has 18 heavy (non-hydrogen) atoms. The maximum Gasteiger partial charge on any atom is 0.228 e. The second-order valence-corrected chi connectivity index (χ2v) is 5.92. The molecule has 2 heterocycles. The number of rotatable bonds is 3. The monoisotopic (exact) mass is 312 g/mol. The van der Waals surface area contributed by atoms with Crippen molar-refractivity contribution in [1.29, 1.82) is 0 Å². The number of anilines is 2. The zero-order valence-corrected chi connectivity index (χ0v) is 12.7. The van der Waals surface area contributed by atoms with Gasteiger partial charge >= 0.3 is 0 Å². The van der Waals surface area contributed by atoms with Gasteiger partial charge in [0.05, 0.1) is 0 Å². The third-order valence-electron chi connectivity index (χ3n) is 4.31. The van der Waals surface area contributed by atoms with Crippen molar-refractivity contribution in [1.82, 2.24) is 9.97 Å². The van der Waals surface area contributed by atoms with Gasteiger partial charge in [-0.05, 0) is 34.2 Å². The molecule has 0 saturated carbocycles. The number of hydrogen-bond donors (Lipinski definition) is 1. The van der Waals surface area contributed by atoms with Gasteiger partial charge in [-0.25, -0.2) is 4.98 Å². The van der Waals surface area contributed by atoms with Crippen molar-refractivity contribution >= 4 is 27.7 Å². The van der Waals surface area contributed by atoms with Crippen LogP contribution >= 0.6 is 15.9 Å². The third-order valence-corrected chi connectivity index (χ3v) is 4.72. The van der Waals surface area contributed by atoms with Crippen LogP contribution in [-0.4, -0.2) is 23.1 Å². The van der Waals surface area contributed by atoms with E-state index in [4.69, 9.17) is 5.73 Å². The van der Waals surface area contributed by atoms with Crippen LogP contribution in [-0.2, 0) is 0 Å². The summed E-state index contributed by atoms with van der Waals surface area (Å²) in [5, 5.41) is 0. The lowest BCUT2D eigenvalue weighted by Gasteiger charge is -2.41. The number of nitrogens with zero attached hydrogens (tertiary/aromatic N) is 3. The summed E-state index contributed by atoms with van der Waals surface area (Å²) in [6, 6.07) is 1.73. The van der Waals surface area contributed by atoms with Crippen LogP contribution in [0.4, 0.5) is 11.8 Å². The molecule has 100 valence electrons. The van der Waals surface area contributed by atoms with Gasteiger partial charge in [-0.2, -0.15) is 4.98 Å². The molecular formula is C13H21BrN4. The number of aromatic nitrogens is 2. The molecule has 1 fully saturated rings. The van der Waals surface area contributed by atoms with Crippen molar-refractivity contribution in [3.63, 3.8) is 0 Å². The van der Waals surface area contributed by atoms with Crippen LogP contribution in [0.5, 0.6) is 0 Å². The second kappa shape index (κ2) is 5.43. The van der Waals surface area contributed by atoms with E-state index in [1.165, 1.54) is 25.7 Å². The Kier molecular flexibility index (Phi) is 4.10. The van der Waals surface area contributed by atoms with Gasteiger partial charge < -0.3 is 10.6 Å². The van der Waals surface area contributed by atoms with Gasteiger partial charge in [0.15, 0.2) is 0 Å². The predicted octanol–water partition coefficient (Wildman–Crippen LogP) is 3.23. The lowest BCUT2D eigenvalue weighted by atomic mass is 9.74. The van der Waals surface area contributed by atoms with Gasteiger partial charge in [0.2, 0.25) is 5.95 Å². The van der Waals surface area contributed by atoms with Crippen LogP contribution in [0, 0.1) is 5.41 Å². The van der Waals surface area contributed by atoms with Gasteiger partial charge in [0, 0.05) is 19.2 Å². The van der Waals surface area contributed by atoms with Crippen LogP contribution < -0.4 is 10.6 Å². The fourth-order valence-corrected chi connectivity index (χ4v) is 3.10. The third kappa shape index (κ3) is 2.76. The summed E-state index contributed by atoms with van der Waals surface area (Å²) in [6.45, 7) is 6.65. The first-order valence-corrected chi connectivity index (χ1v) is 7.43. The van der Waals surface area contributed by atoms with Gasteiger partial charge in [-0.1, -0.05) is 26.7 Å². The zero-order chi connectivity index (χ0) is 13.2. The predicted molar refractivity (Wildman–Crippen MR) is 78.6 cm³/mol. The highest BCUT2D eigenvalue weighted by Crippen LogP contribution is 2.38. The van der Waals surface area contributed by atoms with Gasteiger partial charge in [-0.15, -0.1) is 0 Å². The van der Waals surface area contributed by atoms with Crippen molar-refractivity contribution in [3.8, 4) is 0 Å². The van der Waals surface area contributed by atoms with Crippen molar-refractivity contribution in [2.24, 2.45) is 5.41 Å². The minimum absolute atomic E-state index is 0.522. The molecule has 1 aliphatic heterocycles. The fraction of sp³-hybridized carbons (Fsp3) is 0.692. The van der Waals surface area contributed by atoms with E-state index in [9.17, 15) is 0 Å². The minimum atomic E-state index is 0.522. The van der Waals surface area contributed by atoms with Gasteiger partial charge in [0.25, 0.3) is 0 Å². The Balaban J connectivity index is 2.09. The Labute approximate surface area is 117 Å². The topological polar surface area (TPSA) is 55.0 Å². The van der Waals surface area contributed by atoms with E-state index in [0.717, 1.165) is 23.6 Å². The highest BCUT2D eigenvalue weighted by atomic mass is 79.9. The summed E-state index contributed by atoms with van der Waals surface area (Å²) < 4.78 is 0.757. The molecule has 0 radical (unpaired) electrons. The molecule has 1 aromatic rings. The summed E-state index contributed by atoms with van der Waals surface area (Å²) in [7, 11) is 0. The average molecular weight is 313 g/mol. The SMILES string of the molecule is CCC1(CC)CCN(c2nc(N)cc(Br)n2)CC1. The summed E-state index contributed by atoms with van der Waals surface area (Å²) in [5.41, 5.74) is 6.29. The smallest absolute Gasteiger partial charge is 0.228 e. The summed E-state index contributed by atoms with van der Waals surface area (Å²) in [6.07, 6.45) is 4.96. The first-order valence-electron chi connectivity index (χ1n) is 6.63. The van der Waals surface area contributed by atoms with E-state index in [1.807, 2.05) is 0 Å². The van der Waals surface area contributed by atoms with Crippen molar-refractivity contribution in [3.05, 3.63) is 10.7 Å². The molecule has 0 amide bonds. The zero-order valence-electron chi connectivity index (χ0n) is 11.1. The highest BCUT2D eigenvalue weighted by molar-refractivity contribution is 9.10. The van der Waals surface area contributed by atoms with Crippen molar-refractivity contribution < 1.29 is 0 Å². The first-order chi connectivity index (χ1) is 8.58. The van der Waals surface area contributed by atoms with Crippen LogP contribution in [0.2, 0.25) is 0 Å². The number of hydrogen-bond acceptors (Lipinski definition) is 4. The van der Waals surface area contributed by atoms with Gasteiger partial charge in [0.1, 0.15) is 10.4 Å². The second-order valence-electron chi connectivity index (χ2n) is 5.11.